The van der Waals surface area contributed by atoms with Gasteiger partial charge >= 0.3 is 0 Å². The first-order valence-corrected chi connectivity index (χ1v) is 7.19. The fraction of sp³-hybridized carbons (Fsp3) is 0.571. The van der Waals surface area contributed by atoms with E-state index in [4.69, 9.17) is 15.2 Å². The van der Waals surface area contributed by atoms with Crippen LogP contribution >= 0.6 is 15.9 Å². The maximum Gasteiger partial charge on any atom is 0.119 e. The van der Waals surface area contributed by atoms with Crippen molar-refractivity contribution in [2.45, 2.75) is 37.8 Å². The minimum atomic E-state index is 0.0497. The van der Waals surface area contributed by atoms with Crippen LogP contribution in [0.25, 0.3) is 0 Å². The zero-order valence-electron chi connectivity index (χ0n) is 10.7. The van der Waals surface area contributed by atoms with E-state index in [0.29, 0.717) is 0 Å². The number of halogens is 1. The summed E-state index contributed by atoms with van der Waals surface area (Å²) in [6.07, 6.45) is 4.45. The Morgan fingerprint density at radius 2 is 2.33 bits per heavy atom. The molecule has 0 bridgehead atoms. The minimum Gasteiger partial charge on any atom is -0.497 e. The highest BCUT2D eigenvalue weighted by Crippen LogP contribution is 2.25. The fourth-order valence-electron chi connectivity index (χ4n) is 2.32. The number of hydrogen-bond acceptors (Lipinski definition) is 3. The zero-order chi connectivity index (χ0) is 13.0. The maximum atomic E-state index is 6.25. The Kier molecular flexibility index (Phi) is 5.03. The molecule has 1 heterocycles. The normalized spacial score (nSPS) is 21.6. The topological polar surface area (TPSA) is 44.5 Å². The molecule has 0 amide bonds. The second kappa shape index (κ2) is 6.55. The highest BCUT2D eigenvalue weighted by Gasteiger charge is 2.22. The molecule has 2 atom stereocenters. The molecule has 1 saturated heterocycles. The van der Waals surface area contributed by atoms with Gasteiger partial charge in [0.15, 0.2) is 0 Å². The predicted molar refractivity (Wildman–Crippen MR) is 76.0 cm³/mol. The monoisotopic (exact) mass is 313 g/mol. The highest BCUT2D eigenvalue weighted by atomic mass is 79.9. The van der Waals surface area contributed by atoms with E-state index in [1.54, 1.807) is 7.11 Å². The average Bonchev–Trinajstić information content (AvgIpc) is 2.42. The molecule has 1 aromatic carbocycles. The molecule has 1 aromatic rings. The molecule has 18 heavy (non-hydrogen) atoms. The quantitative estimate of drug-likeness (QED) is 0.929. The Morgan fingerprint density at radius 3 is 3.00 bits per heavy atom. The van der Waals surface area contributed by atoms with Gasteiger partial charge in [0.1, 0.15) is 5.75 Å². The third-order valence-corrected chi connectivity index (χ3v) is 4.17. The molecule has 100 valence electrons. The van der Waals surface area contributed by atoms with Gasteiger partial charge < -0.3 is 15.2 Å². The predicted octanol–water partition coefficient (Wildman–Crippen LogP) is 2.90. The van der Waals surface area contributed by atoms with Crippen LogP contribution in [-0.4, -0.2) is 25.9 Å². The van der Waals surface area contributed by atoms with E-state index in [0.717, 1.165) is 36.1 Å². The van der Waals surface area contributed by atoms with Gasteiger partial charge in [0.2, 0.25) is 0 Å². The summed E-state index contributed by atoms with van der Waals surface area (Å²) in [6.45, 7) is 0.845. The van der Waals surface area contributed by atoms with Crippen molar-refractivity contribution in [3.8, 4) is 5.75 Å². The molecule has 2 N–H and O–H groups in total. The molecule has 2 rings (SSSR count). The SMILES string of the molecule is COc1ccc(Br)c(CC(N)C2CCCCO2)c1. The number of nitrogens with two attached hydrogens (primary N) is 1. The lowest BCUT2D eigenvalue weighted by molar-refractivity contribution is 0.000601. The molecular formula is C14H20BrNO2. The molecule has 0 spiro atoms. The van der Waals surface area contributed by atoms with Crippen LogP contribution in [0.2, 0.25) is 0 Å². The Hall–Kier alpha value is -0.580. The molecule has 0 saturated carbocycles. The van der Waals surface area contributed by atoms with E-state index in [1.807, 2.05) is 18.2 Å². The molecule has 1 fully saturated rings. The molecule has 1 aliphatic heterocycles. The van der Waals surface area contributed by atoms with E-state index in [9.17, 15) is 0 Å². The van der Waals surface area contributed by atoms with Crippen LogP contribution < -0.4 is 10.5 Å². The summed E-state index contributed by atoms with van der Waals surface area (Å²) in [6, 6.07) is 6.03. The van der Waals surface area contributed by atoms with Crippen LogP contribution in [0.15, 0.2) is 22.7 Å². The standard InChI is InChI=1S/C14H20BrNO2/c1-17-11-5-6-12(15)10(8-11)9-13(16)14-4-2-3-7-18-14/h5-6,8,13-14H,2-4,7,9,16H2,1H3. The molecule has 0 aromatic heterocycles. The van der Waals surface area contributed by atoms with Crippen molar-refractivity contribution in [3.63, 3.8) is 0 Å². The van der Waals surface area contributed by atoms with Crippen LogP contribution in [0, 0.1) is 0 Å². The van der Waals surface area contributed by atoms with Crippen LogP contribution in [-0.2, 0) is 11.2 Å². The maximum absolute atomic E-state index is 6.25. The fourth-order valence-corrected chi connectivity index (χ4v) is 2.73. The Labute approximate surface area is 117 Å². The number of rotatable bonds is 4. The second-order valence-corrected chi connectivity index (χ2v) is 5.58. The summed E-state index contributed by atoms with van der Waals surface area (Å²) in [5.74, 6) is 0.866. The van der Waals surface area contributed by atoms with Crippen molar-refractivity contribution >= 4 is 15.9 Å². The smallest absolute Gasteiger partial charge is 0.119 e. The molecule has 3 nitrogen and oxygen atoms in total. The summed E-state index contributed by atoms with van der Waals surface area (Å²) < 4.78 is 12.1. The average molecular weight is 314 g/mol. The van der Waals surface area contributed by atoms with Crippen molar-refractivity contribution < 1.29 is 9.47 Å². The number of benzene rings is 1. The third-order valence-electron chi connectivity index (χ3n) is 3.40. The summed E-state index contributed by atoms with van der Waals surface area (Å²) in [4.78, 5) is 0. The first kappa shape index (κ1) is 13.8. The lowest BCUT2D eigenvalue weighted by Gasteiger charge is -2.28. The van der Waals surface area contributed by atoms with Crippen molar-refractivity contribution in [1.82, 2.24) is 0 Å². The van der Waals surface area contributed by atoms with Crippen LogP contribution in [0.4, 0.5) is 0 Å². The largest absolute Gasteiger partial charge is 0.497 e. The van der Waals surface area contributed by atoms with Gasteiger partial charge in [0.05, 0.1) is 13.2 Å². The molecule has 2 unspecified atom stereocenters. The Morgan fingerprint density at radius 1 is 1.50 bits per heavy atom. The van der Waals surface area contributed by atoms with Gasteiger partial charge in [0, 0.05) is 17.1 Å². The van der Waals surface area contributed by atoms with Gasteiger partial charge in [-0.05, 0) is 49.4 Å². The summed E-state index contributed by atoms with van der Waals surface area (Å²) in [5, 5.41) is 0. The summed E-state index contributed by atoms with van der Waals surface area (Å²) in [5.41, 5.74) is 7.43. The van der Waals surface area contributed by atoms with Gasteiger partial charge in [-0.2, -0.15) is 0 Å². The van der Waals surface area contributed by atoms with Crippen molar-refractivity contribution in [3.05, 3.63) is 28.2 Å². The van der Waals surface area contributed by atoms with Crippen molar-refractivity contribution in [2.75, 3.05) is 13.7 Å². The van der Waals surface area contributed by atoms with E-state index < -0.39 is 0 Å². The minimum absolute atomic E-state index is 0.0497. The number of methoxy groups -OCH3 is 1. The van der Waals surface area contributed by atoms with E-state index in [2.05, 4.69) is 15.9 Å². The van der Waals surface area contributed by atoms with Gasteiger partial charge in [-0.3, -0.25) is 0 Å². The molecule has 0 radical (unpaired) electrons. The number of ether oxygens (including phenoxy) is 2. The van der Waals surface area contributed by atoms with Crippen LogP contribution in [0.1, 0.15) is 24.8 Å². The first-order valence-electron chi connectivity index (χ1n) is 6.40. The highest BCUT2D eigenvalue weighted by molar-refractivity contribution is 9.10. The van der Waals surface area contributed by atoms with E-state index in [1.165, 1.54) is 12.0 Å². The number of hydrogen-bond donors (Lipinski definition) is 1. The van der Waals surface area contributed by atoms with Crippen LogP contribution in [0.3, 0.4) is 0 Å². The second-order valence-electron chi connectivity index (χ2n) is 4.73. The van der Waals surface area contributed by atoms with Gasteiger partial charge in [-0.1, -0.05) is 15.9 Å². The van der Waals surface area contributed by atoms with Crippen molar-refractivity contribution in [1.29, 1.82) is 0 Å². The zero-order valence-corrected chi connectivity index (χ0v) is 12.3. The lowest BCUT2D eigenvalue weighted by Crippen LogP contribution is -2.40. The van der Waals surface area contributed by atoms with Crippen LogP contribution in [0.5, 0.6) is 5.75 Å². The summed E-state index contributed by atoms with van der Waals surface area (Å²) >= 11 is 3.56. The van der Waals surface area contributed by atoms with Gasteiger partial charge in [0.25, 0.3) is 0 Å². The first-order chi connectivity index (χ1) is 8.70. The molecule has 1 aliphatic rings. The molecular weight excluding hydrogens is 294 g/mol. The summed E-state index contributed by atoms with van der Waals surface area (Å²) in [7, 11) is 1.68. The van der Waals surface area contributed by atoms with Gasteiger partial charge in [-0.25, -0.2) is 0 Å². The molecule has 0 aliphatic carbocycles. The van der Waals surface area contributed by atoms with E-state index >= 15 is 0 Å². The van der Waals surface area contributed by atoms with Gasteiger partial charge in [-0.15, -0.1) is 0 Å². The van der Waals surface area contributed by atoms with E-state index in [-0.39, 0.29) is 12.1 Å². The Balaban J connectivity index is 2.03. The van der Waals surface area contributed by atoms with Crippen molar-refractivity contribution in [2.24, 2.45) is 5.73 Å². The third kappa shape index (κ3) is 3.46. The lowest BCUT2D eigenvalue weighted by atomic mass is 9.97. The Bertz CT molecular complexity index is 391. The molecule has 4 heteroatoms.